The second-order valence-electron chi connectivity index (χ2n) is 4.66. The van der Waals surface area contributed by atoms with E-state index in [0.29, 0.717) is 6.42 Å². The van der Waals surface area contributed by atoms with E-state index in [1.807, 2.05) is 6.92 Å². The lowest BCUT2D eigenvalue weighted by atomic mass is 10.0. The highest BCUT2D eigenvalue weighted by Gasteiger charge is 2.30. The van der Waals surface area contributed by atoms with E-state index in [1.54, 1.807) is 13.8 Å². The molecule has 0 aliphatic rings. The summed E-state index contributed by atoms with van der Waals surface area (Å²) in [5.41, 5.74) is -1.01. The second-order valence-corrected chi connectivity index (χ2v) is 6.28. The van der Waals surface area contributed by atoms with Crippen LogP contribution < -0.4 is 4.72 Å². The van der Waals surface area contributed by atoms with Crippen LogP contribution in [0.2, 0.25) is 0 Å². The number of hydrogen-bond donors (Lipinski definition) is 3. The van der Waals surface area contributed by atoms with E-state index in [9.17, 15) is 13.2 Å². The average Bonchev–Trinajstić information content (AvgIpc) is 2.63. The van der Waals surface area contributed by atoms with Crippen molar-refractivity contribution in [3.8, 4) is 0 Å². The SMILES string of the molecule is CCCC(C)(C)NS(=O)(=O)c1[nH]ncc1C(=O)O. The van der Waals surface area contributed by atoms with E-state index in [0.717, 1.165) is 12.6 Å². The van der Waals surface area contributed by atoms with Gasteiger partial charge in [0, 0.05) is 5.54 Å². The predicted molar refractivity (Wildman–Crippen MR) is 64.9 cm³/mol. The molecule has 0 spiro atoms. The van der Waals surface area contributed by atoms with Crippen molar-refractivity contribution in [1.29, 1.82) is 0 Å². The Bertz CT molecular complexity index is 533. The van der Waals surface area contributed by atoms with Gasteiger partial charge in [-0.05, 0) is 20.3 Å². The molecule has 0 aromatic carbocycles. The van der Waals surface area contributed by atoms with Crippen LogP contribution in [0.1, 0.15) is 44.0 Å². The normalized spacial score (nSPS) is 12.6. The molecule has 0 unspecified atom stereocenters. The van der Waals surface area contributed by atoms with Gasteiger partial charge in [-0.25, -0.2) is 17.9 Å². The van der Waals surface area contributed by atoms with Gasteiger partial charge < -0.3 is 5.11 Å². The number of rotatable bonds is 6. The molecular weight excluding hydrogens is 258 g/mol. The number of nitrogens with one attached hydrogen (secondary N) is 2. The maximum atomic E-state index is 12.1. The highest BCUT2D eigenvalue weighted by atomic mass is 32.2. The van der Waals surface area contributed by atoms with Gasteiger partial charge in [-0.3, -0.25) is 5.10 Å². The van der Waals surface area contributed by atoms with Crippen molar-refractivity contribution in [2.24, 2.45) is 0 Å². The van der Waals surface area contributed by atoms with Gasteiger partial charge in [-0.1, -0.05) is 13.3 Å². The Morgan fingerprint density at radius 3 is 2.67 bits per heavy atom. The van der Waals surface area contributed by atoms with Crippen LogP contribution in [-0.4, -0.2) is 35.2 Å². The van der Waals surface area contributed by atoms with Crippen LogP contribution in [0.5, 0.6) is 0 Å². The van der Waals surface area contributed by atoms with Crippen molar-refractivity contribution in [2.45, 2.75) is 44.2 Å². The van der Waals surface area contributed by atoms with Gasteiger partial charge >= 0.3 is 5.97 Å². The highest BCUT2D eigenvalue weighted by molar-refractivity contribution is 7.89. The van der Waals surface area contributed by atoms with Gasteiger partial charge in [-0.15, -0.1) is 0 Å². The molecule has 18 heavy (non-hydrogen) atoms. The molecule has 0 aliphatic heterocycles. The monoisotopic (exact) mass is 275 g/mol. The summed E-state index contributed by atoms with van der Waals surface area (Å²) in [6, 6.07) is 0. The number of sulfonamides is 1. The third-order valence-corrected chi connectivity index (χ3v) is 4.06. The lowest BCUT2D eigenvalue weighted by Gasteiger charge is -2.24. The Morgan fingerprint density at radius 1 is 1.56 bits per heavy atom. The van der Waals surface area contributed by atoms with Gasteiger partial charge in [0.2, 0.25) is 0 Å². The zero-order chi connectivity index (χ0) is 14.0. The van der Waals surface area contributed by atoms with Crippen molar-refractivity contribution in [1.82, 2.24) is 14.9 Å². The van der Waals surface area contributed by atoms with Crippen LogP contribution in [0.25, 0.3) is 0 Å². The Kier molecular flexibility index (Phi) is 4.12. The van der Waals surface area contributed by atoms with E-state index in [1.165, 1.54) is 0 Å². The number of aromatic carboxylic acids is 1. The summed E-state index contributed by atoms with van der Waals surface area (Å²) in [6.45, 7) is 5.42. The minimum absolute atomic E-state index is 0.366. The van der Waals surface area contributed by atoms with Crippen LogP contribution in [0.15, 0.2) is 11.2 Å². The topological polar surface area (TPSA) is 112 Å². The second kappa shape index (κ2) is 5.07. The Labute approximate surface area is 106 Å². The first-order valence-electron chi connectivity index (χ1n) is 5.50. The van der Waals surface area contributed by atoms with Gasteiger partial charge in [0.15, 0.2) is 5.03 Å². The summed E-state index contributed by atoms with van der Waals surface area (Å²) in [5.74, 6) is -1.34. The van der Waals surface area contributed by atoms with E-state index in [-0.39, 0.29) is 5.56 Å². The fourth-order valence-corrected chi connectivity index (χ4v) is 3.26. The number of carboxylic acid groups (broad SMARTS) is 1. The summed E-state index contributed by atoms with van der Waals surface area (Å²) in [6.07, 6.45) is 2.43. The van der Waals surface area contributed by atoms with Gasteiger partial charge in [-0.2, -0.15) is 5.10 Å². The lowest BCUT2D eigenvalue weighted by Crippen LogP contribution is -2.43. The standard InChI is InChI=1S/C10H17N3O4S/c1-4-5-10(2,3)13-18(16,17)8-7(9(14)15)6-11-12-8/h6,13H,4-5H2,1-3H3,(H,11,12)(H,14,15). The summed E-state index contributed by atoms with van der Waals surface area (Å²) in [5, 5.41) is 14.1. The zero-order valence-corrected chi connectivity index (χ0v) is 11.3. The molecule has 1 heterocycles. The van der Waals surface area contributed by atoms with Crippen LogP contribution in [0.4, 0.5) is 0 Å². The third kappa shape index (κ3) is 3.30. The molecule has 1 rings (SSSR count). The van der Waals surface area contributed by atoms with E-state index >= 15 is 0 Å². The smallest absolute Gasteiger partial charge is 0.340 e. The fourth-order valence-electron chi connectivity index (χ4n) is 1.72. The molecule has 0 atom stereocenters. The van der Waals surface area contributed by atoms with Gasteiger partial charge in [0.25, 0.3) is 10.0 Å². The van der Waals surface area contributed by atoms with Crippen LogP contribution in [-0.2, 0) is 10.0 Å². The number of H-pyrrole nitrogens is 1. The van der Waals surface area contributed by atoms with Crippen molar-refractivity contribution < 1.29 is 18.3 Å². The summed E-state index contributed by atoms with van der Waals surface area (Å²) in [4.78, 5) is 10.9. The van der Waals surface area contributed by atoms with Crippen LogP contribution >= 0.6 is 0 Å². The zero-order valence-electron chi connectivity index (χ0n) is 10.5. The van der Waals surface area contributed by atoms with Gasteiger partial charge in [0.05, 0.1) is 6.20 Å². The van der Waals surface area contributed by atoms with Crippen molar-refractivity contribution in [3.63, 3.8) is 0 Å². The lowest BCUT2D eigenvalue weighted by molar-refractivity contribution is 0.0692. The van der Waals surface area contributed by atoms with Crippen LogP contribution in [0, 0.1) is 0 Å². The Morgan fingerprint density at radius 2 is 2.17 bits per heavy atom. The number of carboxylic acids is 1. The molecule has 0 aliphatic carbocycles. The summed E-state index contributed by atoms with van der Waals surface area (Å²) < 4.78 is 26.6. The molecule has 1 aromatic heterocycles. The number of hydrogen-bond acceptors (Lipinski definition) is 4. The van der Waals surface area contributed by atoms with Crippen LogP contribution in [0.3, 0.4) is 0 Å². The predicted octanol–water partition coefficient (Wildman–Crippen LogP) is 0.965. The number of aromatic amines is 1. The molecule has 0 radical (unpaired) electrons. The Balaban J connectivity index is 3.07. The molecule has 3 N–H and O–H groups in total. The Hall–Kier alpha value is -1.41. The van der Waals surface area contributed by atoms with E-state index in [2.05, 4.69) is 14.9 Å². The maximum absolute atomic E-state index is 12.1. The molecule has 8 heteroatoms. The molecule has 0 bridgehead atoms. The molecule has 0 fully saturated rings. The van der Waals surface area contributed by atoms with Gasteiger partial charge in [0.1, 0.15) is 5.56 Å². The molecule has 102 valence electrons. The minimum Gasteiger partial charge on any atom is -0.478 e. The number of carbonyl (C=O) groups is 1. The van der Waals surface area contributed by atoms with Crippen molar-refractivity contribution >= 4 is 16.0 Å². The molecule has 0 saturated heterocycles. The molecule has 0 amide bonds. The number of nitrogens with zero attached hydrogens (tertiary/aromatic N) is 1. The molecule has 7 nitrogen and oxygen atoms in total. The maximum Gasteiger partial charge on any atom is 0.340 e. The minimum atomic E-state index is -3.92. The first kappa shape index (κ1) is 14.7. The largest absolute Gasteiger partial charge is 0.478 e. The molecular formula is C10H17N3O4S. The fraction of sp³-hybridized carbons (Fsp3) is 0.600. The van der Waals surface area contributed by atoms with E-state index < -0.39 is 26.6 Å². The van der Waals surface area contributed by atoms with Crippen molar-refractivity contribution in [2.75, 3.05) is 0 Å². The third-order valence-electron chi connectivity index (χ3n) is 2.39. The molecule has 0 saturated carbocycles. The van der Waals surface area contributed by atoms with E-state index in [4.69, 9.17) is 5.11 Å². The average molecular weight is 275 g/mol. The molecule has 1 aromatic rings. The highest BCUT2D eigenvalue weighted by Crippen LogP contribution is 2.18. The number of aromatic nitrogens is 2. The van der Waals surface area contributed by atoms with Crippen molar-refractivity contribution in [3.05, 3.63) is 11.8 Å². The summed E-state index contributed by atoms with van der Waals surface area (Å²) >= 11 is 0. The summed E-state index contributed by atoms with van der Waals surface area (Å²) in [7, 11) is -3.92. The first-order valence-corrected chi connectivity index (χ1v) is 6.98. The quantitative estimate of drug-likeness (QED) is 0.716. The first-order chi connectivity index (χ1) is 8.19.